The molecule has 0 spiro atoms. The van der Waals surface area contributed by atoms with Gasteiger partial charge in [0.25, 0.3) is 0 Å². The fraction of sp³-hybridized carbons (Fsp3) is 0.0682. The van der Waals surface area contributed by atoms with Gasteiger partial charge in [0.15, 0.2) is 17.5 Å². The molecule has 0 saturated carbocycles. The van der Waals surface area contributed by atoms with Crippen LogP contribution in [0.5, 0.6) is 0 Å². The van der Waals surface area contributed by atoms with E-state index in [9.17, 15) is 0 Å². The van der Waals surface area contributed by atoms with Crippen LogP contribution in [0.1, 0.15) is 23.9 Å². The second-order valence-electron chi connectivity index (χ2n) is 12.5. The standard InChI is InChI=1S/C44H31N3O/c1-28-25-30-15-5-6-16-32(30)27-38(28)44-46-42(33-18-11-17-31(26-33)29-13-3-2-4-14-29)45-43(47-44)36-20-8-7-19-34(36)35-22-12-24-40-41(35)37-21-9-10-23-39(37)48-40/h2-24,26-28H,25H2,1H3. The van der Waals surface area contributed by atoms with Crippen molar-refractivity contribution in [1.29, 1.82) is 0 Å². The van der Waals surface area contributed by atoms with Crippen LogP contribution in [0.2, 0.25) is 0 Å². The van der Waals surface area contributed by atoms with Crippen LogP contribution < -0.4 is 0 Å². The third kappa shape index (κ3) is 4.90. The van der Waals surface area contributed by atoms with Crippen LogP contribution in [0, 0.1) is 5.92 Å². The van der Waals surface area contributed by atoms with Crippen molar-refractivity contribution in [2.75, 3.05) is 0 Å². The number of benzene rings is 6. The highest BCUT2D eigenvalue weighted by Crippen LogP contribution is 2.41. The van der Waals surface area contributed by atoms with E-state index in [1.54, 1.807) is 0 Å². The number of rotatable bonds is 5. The van der Waals surface area contributed by atoms with Crippen LogP contribution in [0.25, 0.3) is 78.6 Å². The molecule has 0 bridgehead atoms. The highest BCUT2D eigenvalue weighted by atomic mass is 16.3. The van der Waals surface area contributed by atoms with Gasteiger partial charge in [0.05, 0.1) is 0 Å². The molecular formula is C44H31N3O. The SMILES string of the molecule is CC1Cc2ccccc2C=C1c1nc(-c2cccc(-c3ccccc3)c2)nc(-c2ccccc2-c2cccc3oc4ccccc4c23)n1. The quantitative estimate of drug-likeness (QED) is 0.193. The van der Waals surface area contributed by atoms with Crippen molar-refractivity contribution in [3.8, 4) is 45.0 Å². The molecule has 4 heteroatoms. The van der Waals surface area contributed by atoms with Gasteiger partial charge in [0.1, 0.15) is 11.2 Å². The van der Waals surface area contributed by atoms with Crippen molar-refractivity contribution < 1.29 is 4.42 Å². The molecular weight excluding hydrogens is 587 g/mol. The van der Waals surface area contributed by atoms with Crippen LogP contribution in [0.3, 0.4) is 0 Å². The van der Waals surface area contributed by atoms with E-state index < -0.39 is 0 Å². The van der Waals surface area contributed by atoms with Gasteiger partial charge < -0.3 is 4.42 Å². The van der Waals surface area contributed by atoms with Crippen LogP contribution in [-0.2, 0) is 6.42 Å². The Bertz CT molecular complexity index is 2510. The molecule has 1 aliphatic carbocycles. The van der Waals surface area contributed by atoms with Gasteiger partial charge >= 0.3 is 0 Å². The third-order valence-electron chi connectivity index (χ3n) is 9.41. The Morgan fingerprint density at radius 2 is 1.17 bits per heavy atom. The van der Waals surface area contributed by atoms with Crippen LogP contribution in [0.15, 0.2) is 150 Å². The Hall–Kier alpha value is -6.13. The van der Waals surface area contributed by atoms with Gasteiger partial charge in [-0.05, 0) is 70.0 Å². The average Bonchev–Trinajstić information content (AvgIpc) is 3.54. The number of aromatic nitrogens is 3. The molecule has 6 aromatic carbocycles. The second-order valence-corrected chi connectivity index (χ2v) is 12.5. The third-order valence-corrected chi connectivity index (χ3v) is 9.41. The Labute approximate surface area is 279 Å². The Morgan fingerprint density at radius 3 is 2.08 bits per heavy atom. The minimum absolute atomic E-state index is 0.250. The van der Waals surface area contributed by atoms with Gasteiger partial charge in [0, 0.05) is 27.5 Å². The van der Waals surface area contributed by atoms with Crippen LogP contribution >= 0.6 is 0 Å². The maximum absolute atomic E-state index is 6.28. The van der Waals surface area contributed by atoms with Crippen molar-refractivity contribution >= 4 is 33.6 Å². The topological polar surface area (TPSA) is 51.8 Å². The van der Waals surface area contributed by atoms with Crippen molar-refractivity contribution in [2.45, 2.75) is 13.3 Å². The van der Waals surface area contributed by atoms with Gasteiger partial charge in [-0.15, -0.1) is 0 Å². The van der Waals surface area contributed by atoms with E-state index in [0.29, 0.717) is 17.5 Å². The minimum atomic E-state index is 0.250. The summed E-state index contributed by atoms with van der Waals surface area (Å²) in [7, 11) is 0. The molecule has 4 nitrogen and oxygen atoms in total. The van der Waals surface area contributed by atoms with E-state index in [1.807, 2.05) is 24.3 Å². The normalized spacial score (nSPS) is 14.2. The number of allylic oxidation sites excluding steroid dienone is 1. The fourth-order valence-electron chi connectivity index (χ4n) is 7.03. The number of fused-ring (bicyclic) bond motifs is 4. The summed E-state index contributed by atoms with van der Waals surface area (Å²) in [6.45, 7) is 2.26. The summed E-state index contributed by atoms with van der Waals surface area (Å²) < 4.78 is 6.28. The maximum Gasteiger partial charge on any atom is 0.164 e. The lowest BCUT2D eigenvalue weighted by Gasteiger charge is -2.23. The minimum Gasteiger partial charge on any atom is -0.456 e. The second kappa shape index (κ2) is 11.6. The molecule has 1 aliphatic rings. The van der Waals surface area contributed by atoms with Crippen molar-refractivity contribution in [3.63, 3.8) is 0 Å². The summed E-state index contributed by atoms with van der Waals surface area (Å²) in [5.41, 5.74) is 11.7. The maximum atomic E-state index is 6.28. The zero-order valence-electron chi connectivity index (χ0n) is 26.5. The van der Waals surface area contributed by atoms with E-state index >= 15 is 0 Å². The van der Waals surface area contributed by atoms with Crippen LogP contribution in [-0.4, -0.2) is 15.0 Å². The molecule has 0 radical (unpaired) electrons. The largest absolute Gasteiger partial charge is 0.456 e. The Kier molecular flexibility index (Phi) is 6.79. The zero-order chi connectivity index (χ0) is 32.0. The molecule has 48 heavy (non-hydrogen) atoms. The summed E-state index contributed by atoms with van der Waals surface area (Å²) in [5, 5.41) is 2.18. The highest BCUT2D eigenvalue weighted by molar-refractivity contribution is 6.13. The van der Waals surface area contributed by atoms with Gasteiger partial charge in [-0.3, -0.25) is 0 Å². The number of furan rings is 1. The highest BCUT2D eigenvalue weighted by Gasteiger charge is 2.24. The lowest BCUT2D eigenvalue weighted by molar-refractivity contribution is 0.669. The molecule has 9 rings (SSSR count). The number of hydrogen-bond donors (Lipinski definition) is 0. The van der Waals surface area contributed by atoms with E-state index in [-0.39, 0.29) is 5.92 Å². The smallest absolute Gasteiger partial charge is 0.164 e. The molecule has 0 aliphatic heterocycles. The predicted molar refractivity (Wildman–Crippen MR) is 196 cm³/mol. The molecule has 2 heterocycles. The molecule has 0 fully saturated rings. The summed E-state index contributed by atoms with van der Waals surface area (Å²) in [4.78, 5) is 15.7. The Morgan fingerprint density at radius 1 is 0.521 bits per heavy atom. The molecule has 228 valence electrons. The summed E-state index contributed by atoms with van der Waals surface area (Å²) in [6.07, 6.45) is 3.20. The van der Waals surface area contributed by atoms with Crippen LogP contribution in [0.4, 0.5) is 0 Å². The van der Waals surface area contributed by atoms with E-state index in [1.165, 1.54) is 11.1 Å². The van der Waals surface area contributed by atoms with E-state index in [0.717, 1.165) is 67.3 Å². The van der Waals surface area contributed by atoms with E-state index in [4.69, 9.17) is 19.4 Å². The average molecular weight is 618 g/mol. The molecule has 0 saturated heterocycles. The Balaban J connectivity index is 1.27. The van der Waals surface area contributed by atoms with Gasteiger partial charge in [-0.1, -0.05) is 134 Å². The monoisotopic (exact) mass is 617 g/mol. The number of hydrogen-bond acceptors (Lipinski definition) is 4. The van der Waals surface area contributed by atoms with E-state index in [2.05, 4.69) is 134 Å². The first kappa shape index (κ1) is 28.1. The summed E-state index contributed by atoms with van der Waals surface area (Å²) in [5.74, 6) is 2.26. The predicted octanol–water partition coefficient (Wildman–Crippen LogP) is 11.2. The van der Waals surface area contributed by atoms with Gasteiger partial charge in [-0.2, -0.15) is 0 Å². The van der Waals surface area contributed by atoms with Crippen molar-refractivity contribution in [1.82, 2.24) is 15.0 Å². The fourth-order valence-corrected chi connectivity index (χ4v) is 7.03. The molecule has 8 aromatic rings. The lowest BCUT2D eigenvalue weighted by Crippen LogP contribution is -2.13. The summed E-state index contributed by atoms with van der Waals surface area (Å²) >= 11 is 0. The number of para-hydroxylation sites is 1. The van der Waals surface area contributed by atoms with Crippen molar-refractivity contribution in [3.05, 3.63) is 163 Å². The van der Waals surface area contributed by atoms with Gasteiger partial charge in [-0.25, -0.2) is 15.0 Å². The van der Waals surface area contributed by atoms with Crippen molar-refractivity contribution in [2.24, 2.45) is 5.92 Å². The first-order chi connectivity index (χ1) is 23.7. The zero-order valence-corrected chi connectivity index (χ0v) is 26.5. The molecule has 0 amide bonds. The van der Waals surface area contributed by atoms with Gasteiger partial charge in [0.2, 0.25) is 0 Å². The summed E-state index contributed by atoms with van der Waals surface area (Å²) in [6, 6.07) is 50.4. The molecule has 0 N–H and O–H groups in total. The molecule has 1 atom stereocenters. The molecule has 2 aromatic heterocycles. The molecule has 1 unspecified atom stereocenters. The first-order valence-corrected chi connectivity index (χ1v) is 16.4. The number of nitrogens with zero attached hydrogens (tertiary/aromatic N) is 3. The first-order valence-electron chi connectivity index (χ1n) is 16.4. The lowest BCUT2D eigenvalue weighted by atomic mass is 9.84.